The molecule has 0 unspecified atom stereocenters. The summed E-state index contributed by atoms with van der Waals surface area (Å²) in [7, 11) is 3.66. The number of benzene rings is 2. The Morgan fingerprint density at radius 2 is 0.971 bits per heavy atom. The second-order valence-electron chi connectivity index (χ2n) is 10.3. The summed E-state index contributed by atoms with van der Waals surface area (Å²) in [5.41, 5.74) is 2.88. The van der Waals surface area contributed by atoms with Crippen LogP contribution in [0.25, 0.3) is 0 Å². The molecule has 2 aliphatic carbocycles. The van der Waals surface area contributed by atoms with Gasteiger partial charge in [0.15, 0.2) is 0 Å². The van der Waals surface area contributed by atoms with Gasteiger partial charge in [0.25, 0.3) is 0 Å². The van der Waals surface area contributed by atoms with Crippen molar-refractivity contribution in [1.82, 2.24) is 0 Å². The van der Waals surface area contributed by atoms with Crippen molar-refractivity contribution >= 4 is 31.5 Å². The number of hydrogen-bond acceptors (Lipinski definition) is 2. The number of methoxy groups -OCH3 is 2. The molecule has 2 radical (unpaired) electrons. The molecule has 0 amide bonds. The Morgan fingerprint density at radius 1 is 0.588 bits per heavy atom. The van der Waals surface area contributed by atoms with Crippen molar-refractivity contribution in [1.29, 1.82) is 0 Å². The first-order valence-corrected chi connectivity index (χ1v) is 17.8. The number of rotatable bonds is 11. The van der Waals surface area contributed by atoms with Crippen LogP contribution in [-0.2, 0) is 12.8 Å². The van der Waals surface area contributed by atoms with Crippen LogP contribution in [0.1, 0.15) is 75.3 Å². The van der Waals surface area contributed by atoms with E-state index >= 15 is 0 Å². The molecule has 0 saturated heterocycles. The zero-order chi connectivity index (χ0) is 23.7. The molecule has 2 nitrogen and oxygen atoms in total. The Labute approximate surface area is 221 Å². The Morgan fingerprint density at radius 3 is 1.35 bits per heavy atom. The minimum atomic E-state index is 0.372. The summed E-state index contributed by atoms with van der Waals surface area (Å²) in [6.07, 6.45) is 16.8. The SMILES string of the molecule is COc1ccccc1CC1([As]CC[As]C2(Cc3ccccc3OC)CCCCC2)CCCCC1. The normalized spacial score (nSPS) is 20.2. The van der Waals surface area contributed by atoms with Gasteiger partial charge in [-0.2, -0.15) is 0 Å². The molecular weight excluding hydrogens is 542 g/mol. The molecule has 0 heterocycles. The molecule has 0 aromatic heterocycles. The van der Waals surface area contributed by atoms with E-state index < -0.39 is 0 Å². The zero-order valence-electron chi connectivity index (χ0n) is 21.2. The van der Waals surface area contributed by atoms with Gasteiger partial charge in [0.1, 0.15) is 0 Å². The fraction of sp³-hybridized carbons (Fsp3) is 0.600. The van der Waals surface area contributed by atoms with E-state index in [0.29, 0.717) is 39.9 Å². The molecule has 0 aliphatic heterocycles. The summed E-state index contributed by atoms with van der Waals surface area (Å²) in [4.78, 5) is 0. The first-order valence-electron chi connectivity index (χ1n) is 13.3. The molecule has 0 atom stereocenters. The molecule has 2 aromatic rings. The predicted molar refractivity (Wildman–Crippen MR) is 146 cm³/mol. The van der Waals surface area contributed by atoms with Crippen molar-refractivity contribution in [2.24, 2.45) is 0 Å². The second kappa shape index (κ2) is 12.9. The third-order valence-electron chi connectivity index (χ3n) is 7.99. The van der Waals surface area contributed by atoms with Gasteiger partial charge >= 0.3 is 222 Å². The van der Waals surface area contributed by atoms with Crippen molar-refractivity contribution in [3.8, 4) is 11.5 Å². The number of para-hydroxylation sites is 2. The summed E-state index contributed by atoms with van der Waals surface area (Å²) >= 11 is 0.743. The molecule has 34 heavy (non-hydrogen) atoms. The second-order valence-corrected chi connectivity index (χ2v) is 17.5. The average Bonchev–Trinajstić information content (AvgIpc) is 2.88. The van der Waals surface area contributed by atoms with Crippen LogP contribution in [-0.4, -0.2) is 45.7 Å². The predicted octanol–water partition coefficient (Wildman–Crippen LogP) is 7.98. The van der Waals surface area contributed by atoms with Gasteiger partial charge in [-0.15, -0.1) is 0 Å². The minimum absolute atomic E-state index is 0.372. The molecule has 0 N–H and O–H groups in total. The van der Waals surface area contributed by atoms with E-state index in [1.807, 2.05) is 14.2 Å². The Hall–Kier alpha value is -0.843. The van der Waals surface area contributed by atoms with Crippen LogP contribution in [0.3, 0.4) is 0 Å². The van der Waals surface area contributed by atoms with Crippen molar-refractivity contribution in [2.75, 3.05) is 14.2 Å². The van der Waals surface area contributed by atoms with E-state index in [-0.39, 0.29) is 0 Å². The fourth-order valence-corrected chi connectivity index (χ4v) is 14.6. The zero-order valence-corrected chi connectivity index (χ0v) is 25.0. The van der Waals surface area contributed by atoms with E-state index in [0.717, 1.165) is 11.5 Å². The Balaban J connectivity index is 1.40. The molecule has 4 heteroatoms. The van der Waals surface area contributed by atoms with Crippen LogP contribution in [0.5, 0.6) is 11.5 Å². The van der Waals surface area contributed by atoms with Crippen LogP contribution >= 0.6 is 0 Å². The van der Waals surface area contributed by atoms with Crippen LogP contribution in [0.4, 0.5) is 0 Å². The topological polar surface area (TPSA) is 18.5 Å². The average molecular weight is 585 g/mol. The molecule has 184 valence electrons. The third-order valence-corrected chi connectivity index (χ3v) is 16.9. The molecule has 0 bridgehead atoms. The Kier molecular flexibility index (Phi) is 9.96. The van der Waals surface area contributed by atoms with E-state index in [1.54, 1.807) is 0 Å². The van der Waals surface area contributed by atoms with Gasteiger partial charge in [0, 0.05) is 0 Å². The first-order chi connectivity index (χ1) is 16.7. The molecule has 2 aliphatic rings. The van der Waals surface area contributed by atoms with Gasteiger partial charge in [0.05, 0.1) is 0 Å². The maximum atomic E-state index is 5.73. The Bertz CT molecular complexity index is 811. The summed E-state index contributed by atoms with van der Waals surface area (Å²) in [5, 5.41) is 3.00. The standard InChI is InChI=1S/C30H42As2O2/c1-33-27-15-7-5-13-25(27)23-29(17-9-3-10-18-29)31-21-22-32-30(19-11-4-12-20-30)24-26-14-6-8-16-28(26)34-2/h5-8,13-16H,3-4,9-12,17-24H2,1-2H3. The quantitative estimate of drug-likeness (QED) is 0.197. The van der Waals surface area contributed by atoms with Crippen molar-refractivity contribution in [3.63, 3.8) is 0 Å². The van der Waals surface area contributed by atoms with Crippen LogP contribution < -0.4 is 9.47 Å². The van der Waals surface area contributed by atoms with Gasteiger partial charge in [-0.1, -0.05) is 0 Å². The maximum absolute atomic E-state index is 5.73. The van der Waals surface area contributed by atoms with Gasteiger partial charge in [-0.25, -0.2) is 0 Å². The van der Waals surface area contributed by atoms with E-state index in [9.17, 15) is 0 Å². The van der Waals surface area contributed by atoms with Gasteiger partial charge in [0.2, 0.25) is 0 Å². The fourth-order valence-electron chi connectivity index (χ4n) is 6.18. The van der Waals surface area contributed by atoms with Crippen molar-refractivity contribution in [2.45, 2.75) is 95.9 Å². The molecule has 2 saturated carbocycles. The molecule has 4 rings (SSSR count). The monoisotopic (exact) mass is 584 g/mol. The van der Waals surface area contributed by atoms with Crippen molar-refractivity contribution < 1.29 is 9.47 Å². The molecule has 2 aromatic carbocycles. The number of hydrogen-bond donors (Lipinski definition) is 0. The van der Waals surface area contributed by atoms with Gasteiger partial charge < -0.3 is 0 Å². The van der Waals surface area contributed by atoms with E-state index in [2.05, 4.69) is 48.5 Å². The molecule has 0 spiro atoms. The van der Waals surface area contributed by atoms with E-state index in [1.165, 1.54) is 98.6 Å². The number of ether oxygens (including phenoxy) is 2. The molecule has 2 fully saturated rings. The van der Waals surface area contributed by atoms with Crippen molar-refractivity contribution in [3.05, 3.63) is 59.7 Å². The summed E-state index contributed by atoms with van der Waals surface area (Å²) in [6.45, 7) is 0. The van der Waals surface area contributed by atoms with Crippen LogP contribution in [0, 0.1) is 0 Å². The van der Waals surface area contributed by atoms with Gasteiger partial charge in [-0.3, -0.25) is 0 Å². The third kappa shape index (κ3) is 6.88. The summed E-state index contributed by atoms with van der Waals surface area (Å²) < 4.78 is 12.6. The van der Waals surface area contributed by atoms with E-state index in [4.69, 9.17) is 9.47 Å². The molecular formula is C30H42As2O2. The van der Waals surface area contributed by atoms with Gasteiger partial charge in [-0.05, 0) is 0 Å². The van der Waals surface area contributed by atoms with Crippen LogP contribution in [0.15, 0.2) is 48.5 Å². The van der Waals surface area contributed by atoms with Crippen LogP contribution in [0.2, 0.25) is 18.8 Å². The first kappa shape index (κ1) is 26.2. The summed E-state index contributed by atoms with van der Waals surface area (Å²) in [5.74, 6) is 2.19. The summed E-state index contributed by atoms with van der Waals surface area (Å²) in [6, 6.07) is 17.5.